The molecular formula is C11H15FN2O3. The Morgan fingerprint density at radius 2 is 2.24 bits per heavy atom. The minimum absolute atomic E-state index is 0.104. The summed E-state index contributed by atoms with van der Waals surface area (Å²) in [6.45, 7) is 5.18. The van der Waals surface area contributed by atoms with Crippen LogP contribution >= 0.6 is 0 Å². The molecule has 5 nitrogen and oxygen atoms in total. The Bertz CT molecular complexity index is 410. The molecule has 1 N–H and O–H groups in total. The van der Waals surface area contributed by atoms with Crippen molar-refractivity contribution in [3.05, 3.63) is 33.6 Å². The Labute approximate surface area is 98.7 Å². The van der Waals surface area contributed by atoms with Crippen LogP contribution in [-0.2, 0) is 0 Å². The van der Waals surface area contributed by atoms with Gasteiger partial charge in [0.05, 0.1) is 11.0 Å². The van der Waals surface area contributed by atoms with E-state index in [2.05, 4.69) is 5.32 Å². The highest BCUT2D eigenvalue weighted by molar-refractivity contribution is 5.48. The Morgan fingerprint density at radius 1 is 1.53 bits per heavy atom. The highest BCUT2D eigenvalue weighted by Crippen LogP contribution is 2.29. The summed E-state index contributed by atoms with van der Waals surface area (Å²) in [6, 6.07) is 2.23. The summed E-state index contributed by atoms with van der Waals surface area (Å²) in [4.78, 5) is 10.1. The maximum atomic E-state index is 13.2. The quantitative estimate of drug-likeness (QED) is 0.471. The van der Waals surface area contributed by atoms with Gasteiger partial charge in [0.1, 0.15) is 12.4 Å². The lowest BCUT2D eigenvalue weighted by Gasteiger charge is -2.08. The molecule has 0 saturated heterocycles. The molecule has 0 aromatic heterocycles. The highest BCUT2D eigenvalue weighted by atomic mass is 19.1. The van der Waals surface area contributed by atoms with Gasteiger partial charge in [-0.1, -0.05) is 6.92 Å². The van der Waals surface area contributed by atoms with Crippen molar-refractivity contribution < 1.29 is 14.1 Å². The van der Waals surface area contributed by atoms with E-state index in [9.17, 15) is 14.5 Å². The highest BCUT2D eigenvalue weighted by Gasteiger charge is 2.18. The molecule has 0 radical (unpaired) electrons. The van der Waals surface area contributed by atoms with Gasteiger partial charge in [0.25, 0.3) is 0 Å². The third-order valence-corrected chi connectivity index (χ3v) is 2.22. The van der Waals surface area contributed by atoms with Crippen LogP contribution in [0.5, 0.6) is 5.75 Å². The number of aryl methyl sites for hydroxylation is 1. The predicted octanol–water partition coefficient (Wildman–Crippen LogP) is 2.03. The summed E-state index contributed by atoms with van der Waals surface area (Å²) in [5.41, 5.74) is -0.0151. The molecule has 6 heteroatoms. The number of hydrogen-bond donors (Lipinski definition) is 1. The van der Waals surface area contributed by atoms with Gasteiger partial charge in [-0.25, -0.2) is 4.39 Å². The first-order valence-corrected chi connectivity index (χ1v) is 5.34. The predicted molar refractivity (Wildman–Crippen MR) is 61.8 cm³/mol. The molecule has 0 aliphatic heterocycles. The second-order valence-electron chi connectivity index (χ2n) is 3.53. The maximum Gasteiger partial charge on any atom is 0.313 e. The van der Waals surface area contributed by atoms with E-state index in [1.54, 1.807) is 0 Å². The topological polar surface area (TPSA) is 64.4 Å². The molecule has 0 heterocycles. The Balaban J connectivity index is 2.81. The molecule has 1 aromatic rings. The van der Waals surface area contributed by atoms with Crippen molar-refractivity contribution in [1.29, 1.82) is 0 Å². The van der Waals surface area contributed by atoms with Gasteiger partial charge < -0.3 is 10.1 Å². The van der Waals surface area contributed by atoms with Crippen LogP contribution in [0.1, 0.15) is 12.5 Å². The maximum absolute atomic E-state index is 13.2. The summed E-state index contributed by atoms with van der Waals surface area (Å²) < 4.78 is 18.5. The second-order valence-corrected chi connectivity index (χ2v) is 3.53. The lowest BCUT2D eigenvalue weighted by atomic mass is 10.2. The zero-order valence-electron chi connectivity index (χ0n) is 9.83. The van der Waals surface area contributed by atoms with Crippen LogP contribution in [-0.4, -0.2) is 24.6 Å². The zero-order chi connectivity index (χ0) is 12.8. The van der Waals surface area contributed by atoms with Crippen LogP contribution in [0.3, 0.4) is 0 Å². The first-order chi connectivity index (χ1) is 8.06. The van der Waals surface area contributed by atoms with Crippen molar-refractivity contribution in [1.82, 2.24) is 5.32 Å². The van der Waals surface area contributed by atoms with Crippen LogP contribution in [0.2, 0.25) is 0 Å². The fourth-order valence-corrected chi connectivity index (χ4v) is 1.31. The van der Waals surface area contributed by atoms with E-state index >= 15 is 0 Å². The molecule has 0 aliphatic carbocycles. The van der Waals surface area contributed by atoms with Gasteiger partial charge in [-0.3, -0.25) is 10.1 Å². The monoisotopic (exact) mass is 242 g/mol. The average molecular weight is 242 g/mol. The lowest BCUT2D eigenvalue weighted by molar-refractivity contribution is -0.386. The summed E-state index contributed by atoms with van der Waals surface area (Å²) >= 11 is 0. The van der Waals surface area contributed by atoms with Crippen molar-refractivity contribution in [2.45, 2.75) is 13.8 Å². The third-order valence-electron chi connectivity index (χ3n) is 2.22. The molecule has 0 unspecified atom stereocenters. The minimum atomic E-state index is -0.648. The minimum Gasteiger partial charge on any atom is -0.485 e. The SMILES string of the molecule is CCNCCOc1cc(C)c(F)cc1[N+](=O)[O-]. The first-order valence-electron chi connectivity index (χ1n) is 5.34. The molecule has 0 fully saturated rings. The summed E-state index contributed by atoms with van der Waals surface area (Å²) in [7, 11) is 0. The van der Waals surface area contributed by atoms with Crippen LogP contribution in [0.4, 0.5) is 10.1 Å². The van der Waals surface area contributed by atoms with Gasteiger partial charge in [0.2, 0.25) is 0 Å². The molecule has 0 bridgehead atoms. The van der Waals surface area contributed by atoms with Gasteiger partial charge >= 0.3 is 5.69 Å². The van der Waals surface area contributed by atoms with Gasteiger partial charge in [-0.05, 0) is 25.1 Å². The summed E-state index contributed by atoms with van der Waals surface area (Å²) in [6.07, 6.45) is 0. The molecule has 17 heavy (non-hydrogen) atoms. The largest absolute Gasteiger partial charge is 0.485 e. The Morgan fingerprint density at radius 3 is 2.82 bits per heavy atom. The number of rotatable bonds is 6. The number of likely N-dealkylation sites (N-methyl/N-ethyl adjacent to an activating group) is 1. The van der Waals surface area contributed by atoms with E-state index < -0.39 is 10.7 Å². The Kier molecular flexibility index (Phi) is 4.84. The molecule has 0 spiro atoms. The lowest BCUT2D eigenvalue weighted by Crippen LogP contribution is -2.20. The van der Waals surface area contributed by atoms with Crippen LogP contribution in [0, 0.1) is 22.9 Å². The smallest absolute Gasteiger partial charge is 0.313 e. The molecule has 94 valence electrons. The molecule has 0 aliphatic rings. The second kappa shape index (κ2) is 6.15. The van der Waals surface area contributed by atoms with E-state index in [4.69, 9.17) is 4.74 Å². The number of nitro groups is 1. The van der Waals surface area contributed by atoms with Crippen molar-refractivity contribution in [2.75, 3.05) is 19.7 Å². The van der Waals surface area contributed by atoms with Crippen molar-refractivity contribution in [2.24, 2.45) is 0 Å². The molecule has 0 amide bonds. The van der Waals surface area contributed by atoms with E-state index in [0.717, 1.165) is 12.6 Å². The molecule has 1 aromatic carbocycles. The number of halogens is 1. The van der Waals surface area contributed by atoms with Crippen molar-refractivity contribution in [3.8, 4) is 5.75 Å². The molecular weight excluding hydrogens is 227 g/mol. The standard InChI is InChI=1S/C11H15FN2O3/c1-3-13-4-5-17-11-6-8(2)9(12)7-10(11)14(15)16/h6-7,13H,3-5H2,1-2H3. The molecule has 0 saturated carbocycles. The number of nitrogens with one attached hydrogen (secondary N) is 1. The van der Waals surface area contributed by atoms with Gasteiger partial charge in [-0.2, -0.15) is 0 Å². The average Bonchev–Trinajstić information content (AvgIpc) is 2.28. The van der Waals surface area contributed by atoms with Crippen LogP contribution < -0.4 is 10.1 Å². The van der Waals surface area contributed by atoms with E-state index in [0.29, 0.717) is 18.7 Å². The molecule has 1 rings (SSSR count). The zero-order valence-corrected chi connectivity index (χ0v) is 9.83. The number of benzene rings is 1. The van der Waals surface area contributed by atoms with Crippen LogP contribution in [0.15, 0.2) is 12.1 Å². The fraction of sp³-hybridized carbons (Fsp3) is 0.455. The van der Waals surface area contributed by atoms with Gasteiger partial charge in [0.15, 0.2) is 5.75 Å². The summed E-state index contributed by atoms with van der Waals surface area (Å²) in [5, 5.41) is 13.7. The Hall–Kier alpha value is -1.69. The number of nitro benzene ring substituents is 1. The summed E-state index contributed by atoms with van der Waals surface area (Å²) in [5.74, 6) is -0.498. The number of hydrogen-bond acceptors (Lipinski definition) is 4. The van der Waals surface area contributed by atoms with Crippen LogP contribution in [0.25, 0.3) is 0 Å². The molecule has 0 atom stereocenters. The fourth-order valence-electron chi connectivity index (χ4n) is 1.31. The van der Waals surface area contributed by atoms with E-state index in [-0.39, 0.29) is 11.4 Å². The van der Waals surface area contributed by atoms with E-state index in [1.807, 2.05) is 6.92 Å². The third kappa shape index (κ3) is 3.67. The van der Waals surface area contributed by atoms with Crippen molar-refractivity contribution >= 4 is 5.69 Å². The van der Waals surface area contributed by atoms with Crippen molar-refractivity contribution in [3.63, 3.8) is 0 Å². The van der Waals surface area contributed by atoms with Gasteiger partial charge in [-0.15, -0.1) is 0 Å². The van der Waals surface area contributed by atoms with E-state index in [1.165, 1.54) is 13.0 Å². The number of ether oxygens (including phenoxy) is 1. The normalized spacial score (nSPS) is 10.3. The number of nitrogens with zero attached hydrogens (tertiary/aromatic N) is 1. The van der Waals surface area contributed by atoms with Gasteiger partial charge in [0, 0.05) is 6.54 Å². The first kappa shape index (κ1) is 13.4.